The van der Waals surface area contributed by atoms with E-state index < -0.39 is 0 Å². The van der Waals surface area contributed by atoms with Gasteiger partial charge < -0.3 is 11.1 Å². The van der Waals surface area contributed by atoms with Gasteiger partial charge in [-0.1, -0.05) is 15.9 Å². The van der Waals surface area contributed by atoms with E-state index in [9.17, 15) is 4.39 Å². The molecule has 17 heavy (non-hydrogen) atoms. The summed E-state index contributed by atoms with van der Waals surface area (Å²) in [4.78, 5) is 0. The van der Waals surface area contributed by atoms with Crippen molar-refractivity contribution in [2.45, 2.75) is 0 Å². The van der Waals surface area contributed by atoms with Crippen LogP contribution in [0.2, 0.25) is 0 Å². The molecular weight excluding hydrogens is 351 g/mol. The summed E-state index contributed by atoms with van der Waals surface area (Å²) in [6, 6.07) is 10.2. The summed E-state index contributed by atoms with van der Waals surface area (Å²) in [6.45, 7) is 0. The number of nitrogens with one attached hydrogen (secondary N) is 1. The van der Waals surface area contributed by atoms with E-state index in [0.29, 0.717) is 11.4 Å². The molecule has 2 aromatic carbocycles. The molecule has 0 saturated heterocycles. The highest BCUT2D eigenvalue weighted by Gasteiger charge is 2.05. The van der Waals surface area contributed by atoms with Gasteiger partial charge in [0.25, 0.3) is 0 Å². The topological polar surface area (TPSA) is 38.0 Å². The van der Waals surface area contributed by atoms with Crippen molar-refractivity contribution in [2.75, 3.05) is 11.1 Å². The van der Waals surface area contributed by atoms with Gasteiger partial charge in [-0.25, -0.2) is 4.39 Å². The molecule has 0 aliphatic heterocycles. The Bertz CT molecular complexity index is 509. The van der Waals surface area contributed by atoms with Crippen LogP contribution in [0.5, 0.6) is 0 Å². The van der Waals surface area contributed by atoms with E-state index in [1.54, 1.807) is 12.1 Å². The van der Waals surface area contributed by atoms with Gasteiger partial charge in [-0.05, 0) is 52.3 Å². The van der Waals surface area contributed by atoms with Gasteiger partial charge in [0.05, 0.1) is 11.4 Å². The highest BCUT2D eigenvalue weighted by atomic mass is 79.9. The Labute approximate surface area is 115 Å². The molecular formula is C12H9Br2FN2. The molecule has 0 amide bonds. The number of benzene rings is 2. The van der Waals surface area contributed by atoms with Crippen LogP contribution in [0.4, 0.5) is 21.5 Å². The predicted octanol–water partition coefficient (Wildman–Crippen LogP) is 4.68. The van der Waals surface area contributed by atoms with Gasteiger partial charge in [0, 0.05) is 14.6 Å². The van der Waals surface area contributed by atoms with Crippen molar-refractivity contribution in [3.05, 3.63) is 51.2 Å². The van der Waals surface area contributed by atoms with Gasteiger partial charge in [0.1, 0.15) is 5.82 Å². The highest BCUT2D eigenvalue weighted by Crippen LogP contribution is 2.30. The molecule has 2 rings (SSSR count). The molecule has 0 unspecified atom stereocenters. The molecule has 0 spiro atoms. The third-order valence-corrected chi connectivity index (χ3v) is 3.34. The van der Waals surface area contributed by atoms with Gasteiger partial charge in [-0.2, -0.15) is 0 Å². The van der Waals surface area contributed by atoms with Crippen LogP contribution in [0.3, 0.4) is 0 Å². The third-order valence-electron chi connectivity index (χ3n) is 2.19. The first kappa shape index (κ1) is 12.4. The lowest BCUT2D eigenvalue weighted by atomic mass is 10.2. The average Bonchev–Trinajstić information content (AvgIpc) is 2.25. The Balaban J connectivity index is 2.31. The van der Waals surface area contributed by atoms with Crippen LogP contribution in [0.15, 0.2) is 45.3 Å². The first-order valence-corrected chi connectivity index (χ1v) is 6.42. The Morgan fingerprint density at radius 2 is 1.71 bits per heavy atom. The maximum Gasteiger partial charge on any atom is 0.148 e. The molecule has 2 aromatic rings. The number of nitrogen functional groups attached to an aromatic ring is 1. The summed E-state index contributed by atoms with van der Waals surface area (Å²) in [7, 11) is 0. The minimum Gasteiger partial charge on any atom is -0.399 e. The smallest absolute Gasteiger partial charge is 0.148 e. The van der Waals surface area contributed by atoms with E-state index in [1.807, 2.05) is 18.2 Å². The molecule has 0 aliphatic rings. The fourth-order valence-corrected chi connectivity index (χ4v) is 2.51. The molecule has 0 bridgehead atoms. The van der Waals surface area contributed by atoms with Crippen molar-refractivity contribution in [1.29, 1.82) is 0 Å². The largest absolute Gasteiger partial charge is 0.399 e. The first-order valence-electron chi connectivity index (χ1n) is 4.83. The van der Waals surface area contributed by atoms with Gasteiger partial charge in [-0.15, -0.1) is 0 Å². The van der Waals surface area contributed by atoms with Gasteiger partial charge in [0.2, 0.25) is 0 Å². The number of rotatable bonds is 2. The molecule has 0 aliphatic carbocycles. The molecule has 2 nitrogen and oxygen atoms in total. The number of nitrogens with two attached hydrogens (primary N) is 1. The normalized spacial score (nSPS) is 10.3. The average molecular weight is 360 g/mol. The maximum atomic E-state index is 13.6. The lowest BCUT2D eigenvalue weighted by molar-refractivity contribution is 0.632. The number of anilines is 3. The van der Waals surface area contributed by atoms with Crippen molar-refractivity contribution < 1.29 is 4.39 Å². The molecule has 5 heteroatoms. The van der Waals surface area contributed by atoms with Gasteiger partial charge >= 0.3 is 0 Å². The SMILES string of the molecule is Nc1ccc(Nc2ccc(Br)cc2Br)c(F)c1. The van der Waals surface area contributed by atoms with E-state index in [0.717, 1.165) is 14.6 Å². The Hall–Kier alpha value is -1.07. The van der Waals surface area contributed by atoms with Crippen LogP contribution in [-0.4, -0.2) is 0 Å². The lowest BCUT2D eigenvalue weighted by Gasteiger charge is -2.10. The molecule has 0 heterocycles. The summed E-state index contributed by atoms with van der Waals surface area (Å²) in [6.07, 6.45) is 0. The van der Waals surface area contributed by atoms with E-state index in [1.165, 1.54) is 6.07 Å². The van der Waals surface area contributed by atoms with E-state index in [4.69, 9.17) is 5.73 Å². The Morgan fingerprint density at radius 3 is 2.35 bits per heavy atom. The van der Waals surface area contributed by atoms with Crippen LogP contribution >= 0.6 is 31.9 Å². The Morgan fingerprint density at radius 1 is 1.00 bits per heavy atom. The Kier molecular flexibility index (Phi) is 3.69. The zero-order valence-electron chi connectivity index (χ0n) is 8.68. The zero-order chi connectivity index (χ0) is 12.4. The van der Waals surface area contributed by atoms with Crippen molar-refractivity contribution >= 4 is 48.9 Å². The van der Waals surface area contributed by atoms with E-state index >= 15 is 0 Å². The summed E-state index contributed by atoms with van der Waals surface area (Å²) in [5.41, 5.74) is 7.07. The van der Waals surface area contributed by atoms with Crippen molar-refractivity contribution in [3.63, 3.8) is 0 Å². The molecule has 0 atom stereocenters. The van der Waals surface area contributed by atoms with Crippen LogP contribution in [0.1, 0.15) is 0 Å². The predicted molar refractivity (Wildman–Crippen MR) is 75.9 cm³/mol. The first-order chi connectivity index (χ1) is 8.06. The van der Waals surface area contributed by atoms with Crippen molar-refractivity contribution in [3.8, 4) is 0 Å². The second-order valence-electron chi connectivity index (χ2n) is 3.49. The summed E-state index contributed by atoms with van der Waals surface area (Å²) in [5, 5.41) is 3.00. The van der Waals surface area contributed by atoms with Gasteiger partial charge in [0.15, 0.2) is 0 Å². The second-order valence-corrected chi connectivity index (χ2v) is 5.26. The maximum absolute atomic E-state index is 13.6. The van der Waals surface area contributed by atoms with Crippen LogP contribution in [0, 0.1) is 5.82 Å². The van der Waals surface area contributed by atoms with E-state index in [2.05, 4.69) is 37.2 Å². The monoisotopic (exact) mass is 358 g/mol. The fraction of sp³-hybridized carbons (Fsp3) is 0. The van der Waals surface area contributed by atoms with E-state index in [-0.39, 0.29) is 5.82 Å². The fourth-order valence-electron chi connectivity index (χ4n) is 1.37. The third kappa shape index (κ3) is 2.98. The van der Waals surface area contributed by atoms with Crippen LogP contribution in [-0.2, 0) is 0 Å². The summed E-state index contributed by atoms with van der Waals surface area (Å²) < 4.78 is 15.4. The van der Waals surface area contributed by atoms with Crippen molar-refractivity contribution in [1.82, 2.24) is 0 Å². The summed E-state index contributed by atoms with van der Waals surface area (Å²) >= 11 is 6.76. The standard InChI is InChI=1S/C12H9Br2FN2/c13-7-1-3-11(9(14)5-7)17-12-4-2-8(16)6-10(12)15/h1-6,17H,16H2. The zero-order valence-corrected chi connectivity index (χ0v) is 11.8. The van der Waals surface area contributed by atoms with Gasteiger partial charge in [-0.3, -0.25) is 0 Å². The minimum absolute atomic E-state index is 0.375. The summed E-state index contributed by atoms with van der Waals surface area (Å²) in [5.74, 6) is -0.375. The lowest BCUT2D eigenvalue weighted by Crippen LogP contribution is -1.96. The quantitative estimate of drug-likeness (QED) is 0.764. The van der Waals surface area contributed by atoms with Crippen molar-refractivity contribution in [2.24, 2.45) is 0 Å². The molecule has 0 saturated carbocycles. The van der Waals surface area contributed by atoms with Crippen LogP contribution in [0.25, 0.3) is 0 Å². The number of halogens is 3. The number of hydrogen-bond acceptors (Lipinski definition) is 2. The molecule has 0 aromatic heterocycles. The molecule has 0 radical (unpaired) electrons. The molecule has 0 fully saturated rings. The minimum atomic E-state index is -0.375. The molecule has 3 N–H and O–H groups in total. The molecule has 88 valence electrons. The van der Waals surface area contributed by atoms with Crippen LogP contribution < -0.4 is 11.1 Å². The highest BCUT2D eigenvalue weighted by molar-refractivity contribution is 9.11. The second kappa shape index (κ2) is 5.06. The number of hydrogen-bond donors (Lipinski definition) is 2.